The Kier molecular flexibility index (Phi) is 4.62. The van der Waals surface area contributed by atoms with E-state index in [2.05, 4.69) is 15.3 Å². The van der Waals surface area contributed by atoms with E-state index in [0.717, 1.165) is 0 Å². The second-order valence-electron chi connectivity index (χ2n) is 4.70. The Morgan fingerprint density at radius 1 is 1.52 bits per heavy atom. The van der Waals surface area contributed by atoms with E-state index in [-0.39, 0.29) is 5.56 Å². The van der Waals surface area contributed by atoms with Gasteiger partial charge in [-0.25, -0.2) is 9.59 Å². The molecule has 0 saturated carbocycles. The molecule has 1 saturated heterocycles. The van der Waals surface area contributed by atoms with Crippen molar-refractivity contribution in [3.8, 4) is 0 Å². The molecule has 114 valence electrons. The van der Waals surface area contributed by atoms with Gasteiger partial charge in [-0.3, -0.25) is 4.79 Å². The van der Waals surface area contributed by atoms with Crippen molar-refractivity contribution >= 4 is 35.4 Å². The number of hydrogen-bond donors (Lipinski definition) is 3. The van der Waals surface area contributed by atoms with Crippen LogP contribution in [0.2, 0.25) is 0 Å². The SMILES string of the molecule is CSc1nc(=O)[nH]c(C)c1C(=O)NC1(C(=O)O)CCSC1. The first-order valence-corrected chi connectivity index (χ1v) is 8.56. The second kappa shape index (κ2) is 6.10. The van der Waals surface area contributed by atoms with Crippen molar-refractivity contribution in [1.82, 2.24) is 15.3 Å². The number of hydrogen-bond acceptors (Lipinski definition) is 6. The lowest BCUT2D eigenvalue weighted by atomic mass is 9.98. The lowest BCUT2D eigenvalue weighted by molar-refractivity contribution is -0.143. The van der Waals surface area contributed by atoms with E-state index in [4.69, 9.17) is 0 Å². The van der Waals surface area contributed by atoms with E-state index in [0.29, 0.717) is 28.6 Å². The van der Waals surface area contributed by atoms with E-state index in [1.165, 1.54) is 23.5 Å². The van der Waals surface area contributed by atoms with Crippen LogP contribution in [0, 0.1) is 6.92 Å². The average molecular weight is 329 g/mol. The highest BCUT2D eigenvalue weighted by molar-refractivity contribution is 7.99. The topological polar surface area (TPSA) is 112 Å². The molecule has 0 spiro atoms. The highest BCUT2D eigenvalue weighted by Gasteiger charge is 2.43. The Balaban J connectivity index is 2.37. The molecule has 0 aromatic carbocycles. The van der Waals surface area contributed by atoms with Gasteiger partial charge < -0.3 is 15.4 Å². The molecule has 1 unspecified atom stereocenters. The van der Waals surface area contributed by atoms with Crippen molar-refractivity contribution in [2.24, 2.45) is 0 Å². The quantitative estimate of drug-likeness (QED) is 0.544. The summed E-state index contributed by atoms with van der Waals surface area (Å²) < 4.78 is 0. The number of carboxylic acid groups (broad SMARTS) is 1. The molecular formula is C12H15N3O4S2. The first-order valence-electron chi connectivity index (χ1n) is 6.18. The molecule has 21 heavy (non-hydrogen) atoms. The summed E-state index contributed by atoms with van der Waals surface area (Å²) in [5, 5.41) is 12.3. The summed E-state index contributed by atoms with van der Waals surface area (Å²) in [4.78, 5) is 41.5. The number of aryl methyl sites for hydroxylation is 1. The van der Waals surface area contributed by atoms with Crippen molar-refractivity contribution < 1.29 is 14.7 Å². The van der Waals surface area contributed by atoms with Crippen LogP contribution in [0.4, 0.5) is 0 Å². The van der Waals surface area contributed by atoms with Gasteiger partial charge in [0.25, 0.3) is 5.91 Å². The number of nitrogens with zero attached hydrogens (tertiary/aromatic N) is 1. The highest BCUT2D eigenvalue weighted by Crippen LogP contribution is 2.29. The highest BCUT2D eigenvalue weighted by atomic mass is 32.2. The summed E-state index contributed by atoms with van der Waals surface area (Å²) in [6.45, 7) is 1.59. The van der Waals surface area contributed by atoms with E-state index < -0.39 is 23.1 Å². The van der Waals surface area contributed by atoms with Gasteiger partial charge in [0.1, 0.15) is 10.6 Å². The molecule has 2 rings (SSSR count). The van der Waals surface area contributed by atoms with Gasteiger partial charge in [0.15, 0.2) is 0 Å². The minimum Gasteiger partial charge on any atom is -0.479 e. The first-order chi connectivity index (χ1) is 9.89. The fraction of sp³-hybridized carbons (Fsp3) is 0.500. The van der Waals surface area contributed by atoms with Crippen molar-refractivity contribution in [3.05, 3.63) is 21.7 Å². The predicted molar refractivity (Wildman–Crippen MR) is 81.2 cm³/mol. The Morgan fingerprint density at radius 2 is 2.24 bits per heavy atom. The number of carboxylic acids is 1. The van der Waals surface area contributed by atoms with Crippen LogP contribution in [0.3, 0.4) is 0 Å². The molecule has 1 amide bonds. The van der Waals surface area contributed by atoms with E-state index in [1.807, 2.05) is 0 Å². The fourth-order valence-corrected chi connectivity index (χ4v) is 4.09. The summed E-state index contributed by atoms with van der Waals surface area (Å²) in [7, 11) is 0. The van der Waals surface area contributed by atoms with Crippen LogP contribution >= 0.6 is 23.5 Å². The van der Waals surface area contributed by atoms with Crippen molar-refractivity contribution in [2.75, 3.05) is 17.8 Å². The second-order valence-corrected chi connectivity index (χ2v) is 6.60. The molecule has 0 aliphatic carbocycles. The number of rotatable bonds is 4. The summed E-state index contributed by atoms with van der Waals surface area (Å²) in [6.07, 6.45) is 2.08. The van der Waals surface area contributed by atoms with Gasteiger partial charge in [-0.1, -0.05) is 0 Å². The Labute approximate surface area is 129 Å². The standard InChI is InChI=1S/C12H15N3O4S2/c1-6-7(9(20-2)14-11(19)13-6)8(16)15-12(10(17)18)3-4-21-5-12/h3-5H2,1-2H3,(H,15,16)(H,17,18)(H,13,14,19). The molecule has 0 radical (unpaired) electrons. The molecule has 2 heterocycles. The van der Waals surface area contributed by atoms with Gasteiger partial charge in [-0.05, 0) is 25.4 Å². The van der Waals surface area contributed by atoms with Crippen LogP contribution in [-0.2, 0) is 4.79 Å². The molecule has 1 aliphatic rings. The largest absolute Gasteiger partial charge is 0.479 e. The number of nitrogens with one attached hydrogen (secondary N) is 2. The third kappa shape index (κ3) is 3.08. The maximum Gasteiger partial charge on any atom is 0.346 e. The number of carbonyl (C=O) groups is 2. The minimum atomic E-state index is -1.25. The molecule has 1 fully saturated rings. The van der Waals surface area contributed by atoms with E-state index in [1.54, 1.807) is 13.2 Å². The van der Waals surface area contributed by atoms with Crippen LogP contribution in [0.25, 0.3) is 0 Å². The third-order valence-corrected chi connectivity index (χ3v) is 5.16. The van der Waals surface area contributed by atoms with E-state index in [9.17, 15) is 19.5 Å². The number of aromatic nitrogens is 2. The molecule has 1 aliphatic heterocycles. The lowest BCUT2D eigenvalue weighted by Gasteiger charge is -2.25. The van der Waals surface area contributed by atoms with Crippen molar-refractivity contribution in [3.63, 3.8) is 0 Å². The molecule has 1 aromatic heterocycles. The van der Waals surface area contributed by atoms with Crippen molar-refractivity contribution in [2.45, 2.75) is 23.9 Å². The average Bonchev–Trinajstić information content (AvgIpc) is 2.87. The van der Waals surface area contributed by atoms with Crippen LogP contribution < -0.4 is 11.0 Å². The summed E-state index contributed by atoms with van der Waals surface area (Å²) in [5.74, 6) is -0.546. The first kappa shape index (κ1) is 15.9. The molecule has 7 nitrogen and oxygen atoms in total. The molecule has 3 N–H and O–H groups in total. The van der Waals surface area contributed by atoms with Crippen LogP contribution in [0.1, 0.15) is 22.5 Å². The zero-order valence-electron chi connectivity index (χ0n) is 11.6. The Bertz CT molecular complexity index is 638. The Hall–Kier alpha value is -1.48. The van der Waals surface area contributed by atoms with Gasteiger partial charge >= 0.3 is 11.7 Å². The number of thioether (sulfide) groups is 2. The summed E-state index contributed by atoms with van der Waals surface area (Å²) in [6, 6.07) is 0. The number of aliphatic carboxylic acids is 1. The van der Waals surface area contributed by atoms with Gasteiger partial charge in [0, 0.05) is 11.4 Å². The molecule has 1 aromatic rings. The van der Waals surface area contributed by atoms with Gasteiger partial charge in [0.2, 0.25) is 0 Å². The zero-order valence-corrected chi connectivity index (χ0v) is 13.2. The predicted octanol–water partition coefficient (Wildman–Crippen LogP) is 0.490. The van der Waals surface area contributed by atoms with E-state index >= 15 is 0 Å². The number of aromatic amines is 1. The number of H-pyrrole nitrogens is 1. The van der Waals surface area contributed by atoms with Crippen LogP contribution in [-0.4, -0.2) is 50.3 Å². The third-order valence-electron chi connectivity index (χ3n) is 3.29. The molecule has 1 atom stereocenters. The minimum absolute atomic E-state index is 0.222. The van der Waals surface area contributed by atoms with Gasteiger partial charge in [-0.2, -0.15) is 16.7 Å². The molecular weight excluding hydrogens is 314 g/mol. The van der Waals surface area contributed by atoms with Crippen molar-refractivity contribution in [1.29, 1.82) is 0 Å². The maximum atomic E-state index is 12.5. The van der Waals surface area contributed by atoms with Gasteiger partial charge in [0.05, 0.1) is 5.56 Å². The lowest BCUT2D eigenvalue weighted by Crippen LogP contribution is -2.55. The maximum absolute atomic E-state index is 12.5. The number of amides is 1. The number of carbonyl (C=O) groups excluding carboxylic acids is 1. The van der Waals surface area contributed by atoms with Crippen LogP contribution in [0.15, 0.2) is 9.82 Å². The summed E-state index contributed by atoms with van der Waals surface area (Å²) in [5.41, 5.74) is -1.18. The molecule has 9 heteroatoms. The fourth-order valence-electron chi connectivity index (χ4n) is 2.14. The molecule has 0 bridgehead atoms. The normalized spacial score (nSPS) is 21.2. The van der Waals surface area contributed by atoms with Gasteiger partial charge in [-0.15, -0.1) is 11.8 Å². The monoisotopic (exact) mass is 329 g/mol. The summed E-state index contributed by atoms with van der Waals surface area (Å²) >= 11 is 2.66. The Morgan fingerprint density at radius 3 is 2.76 bits per heavy atom. The van der Waals surface area contributed by atoms with Crippen LogP contribution in [0.5, 0.6) is 0 Å². The zero-order chi connectivity index (χ0) is 15.6. The smallest absolute Gasteiger partial charge is 0.346 e.